The van der Waals surface area contributed by atoms with Crippen molar-refractivity contribution in [3.05, 3.63) is 52.2 Å². The third-order valence-electron chi connectivity index (χ3n) is 4.32. The van der Waals surface area contributed by atoms with Crippen molar-refractivity contribution >= 4 is 11.9 Å². The van der Waals surface area contributed by atoms with Crippen LogP contribution in [0.1, 0.15) is 30.3 Å². The molecular weight excluding hydrogens is 320 g/mol. The number of nitrogens with one attached hydrogen (secondary N) is 2. The minimum Gasteiger partial charge on any atom is -0.376 e. The lowest BCUT2D eigenvalue weighted by atomic mass is 10.2. The lowest BCUT2D eigenvalue weighted by Crippen LogP contribution is -2.48. The molecule has 0 radical (unpaired) electrons. The molecule has 1 fully saturated rings. The second-order valence-corrected chi connectivity index (χ2v) is 6.21. The second kappa shape index (κ2) is 6.64. The van der Waals surface area contributed by atoms with Gasteiger partial charge in [0.15, 0.2) is 5.96 Å². The van der Waals surface area contributed by atoms with Crippen LogP contribution < -0.4 is 16.2 Å². The fourth-order valence-electron chi connectivity index (χ4n) is 3.12. The van der Waals surface area contributed by atoms with E-state index >= 15 is 0 Å². The van der Waals surface area contributed by atoms with E-state index in [1.54, 1.807) is 23.9 Å². The van der Waals surface area contributed by atoms with E-state index in [2.05, 4.69) is 25.6 Å². The monoisotopic (exact) mass is 340 g/mol. The minimum absolute atomic E-state index is 0.130. The first kappa shape index (κ1) is 15.8. The Hall–Kier alpha value is -2.74. The molecule has 4 heterocycles. The van der Waals surface area contributed by atoms with Gasteiger partial charge in [-0.2, -0.15) is 0 Å². The Balaban J connectivity index is 1.70. The maximum Gasteiger partial charge on any atom is 0.257 e. The van der Waals surface area contributed by atoms with Crippen molar-refractivity contribution < 1.29 is 4.74 Å². The molecule has 2 aliphatic heterocycles. The summed E-state index contributed by atoms with van der Waals surface area (Å²) in [7, 11) is 0. The molecule has 25 heavy (non-hydrogen) atoms. The molecule has 8 heteroatoms. The van der Waals surface area contributed by atoms with Crippen molar-refractivity contribution in [2.45, 2.75) is 32.0 Å². The number of aromatic nitrogens is 3. The standard InChI is InChI=1S/C17H20N6O2/c1-11-8-14(24)23-15(12-4-2-6-18-9-12)21-16(22-17(23)20-11)19-10-13-5-3-7-25-13/h2,4,6,8-9,13,15H,3,5,7,10H2,1H3,(H2,19,20,21,22). The molecule has 2 atom stereocenters. The van der Waals surface area contributed by atoms with Crippen LogP contribution in [0, 0.1) is 6.92 Å². The summed E-state index contributed by atoms with van der Waals surface area (Å²) in [5, 5.41) is 6.39. The number of guanidine groups is 1. The first-order chi connectivity index (χ1) is 12.2. The molecule has 2 unspecified atom stereocenters. The Morgan fingerprint density at radius 1 is 1.48 bits per heavy atom. The fourth-order valence-corrected chi connectivity index (χ4v) is 3.12. The number of hydrogen-bond acceptors (Lipinski definition) is 5. The smallest absolute Gasteiger partial charge is 0.257 e. The third-order valence-corrected chi connectivity index (χ3v) is 4.32. The molecule has 0 aliphatic carbocycles. The molecule has 2 aromatic rings. The Morgan fingerprint density at radius 3 is 3.16 bits per heavy atom. The molecule has 0 aromatic carbocycles. The van der Waals surface area contributed by atoms with Gasteiger partial charge >= 0.3 is 0 Å². The summed E-state index contributed by atoms with van der Waals surface area (Å²) in [6, 6.07) is 5.28. The molecule has 0 amide bonds. The van der Waals surface area contributed by atoms with Crippen molar-refractivity contribution in [1.29, 1.82) is 0 Å². The molecule has 0 spiro atoms. The van der Waals surface area contributed by atoms with E-state index in [1.165, 1.54) is 6.07 Å². The van der Waals surface area contributed by atoms with Crippen molar-refractivity contribution in [3.8, 4) is 0 Å². The molecule has 2 aliphatic rings. The molecule has 0 bridgehead atoms. The number of hydrogen-bond donors (Lipinski definition) is 2. The van der Waals surface area contributed by atoms with E-state index in [-0.39, 0.29) is 11.7 Å². The number of ether oxygens (including phenoxy) is 1. The number of anilines is 1. The molecule has 0 saturated carbocycles. The molecule has 8 nitrogen and oxygen atoms in total. The van der Waals surface area contributed by atoms with Gasteiger partial charge in [-0.15, -0.1) is 0 Å². The van der Waals surface area contributed by atoms with Crippen molar-refractivity contribution in [2.24, 2.45) is 4.99 Å². The Labute approximate surface area is 145 Å². The predicted octanol–water partition coefficient (Wildman–Crippen LogP) is 1.04. The summed E-state index contributed by atoms with van der Waals surface area (Å²) in [5.41, 5.74) is 1.39. The van der Waals surface area contributed by atoms with Crippen LogP contribution >= 0.6 is 0 Å². The average Bonchev–Trinajstić information content (AvgIpc) is 3.13. The Morgan fingerprint density at radius 2 is 2.40 bits per heavy atom. The number of aliphatic imine (C=N–C) groups is 1. The molecule has 2 aromatic heterocycles. The van der Waals surface area contributed by atoms with Crippen LogP contribution in [-0.4, -0.2) is 39.8 Å². The Bertz CT molecular complexity index is 842. The number of pyridine rings is 1. The van der Waals surface area contributed by atoms with E-state index in [4.69, 9.17) is 4.74 Å². The van der Waals surface area contributed by atoms with Crippen LogP contribution in [0.15, 0.2) is 40.4 Å². The van der Waals surface area contributed by atoms with Crippen LogP contribution in [0.3, 0.4) is 0 Å². The summed E-state index contributed by atoms with van der Waals surface area (Å²) in [6.45, 7) is 3.17. The topological polar surface area (TPSA) is 93.4 Å². The number of fused-ring (bicyclic) bond motifs is 1. The largest absolute Gasteiger partial charge is 0.376 e. The van der Waals surface area contributed by atoms with Crippen LogP contribution in [0.4, 0.5) is 5.95 Å². The highest BCUT2D eigenvalue weighted by molar-refractivity contribution is 5.93. The first-order valence-corrected chi connectivity index (χ1v) is 8.40. The van der Waals surface area contributed by atoms with E-state index in [0.29, 0.717) is 24.1 Å². The van der Waals surface area contributed by atoms with Gasteiger partial charge in [-0.25, -0.2) is 4.98 Å². The number of rotatable bonds is 3. The van der Waals surface area contributed by atoms with Crippen LogP contribution in [-0.2, 0) is 4.74 Å². The van der Waals surface area contributed by atoms with Gasteiger partial charge in [0.1, 0.15) is 6.17 Å². The quantitative estimate of drug-likeness (QED) is 0.867. The zero-order valence-corrected chi connectivity index (χ0v) is 14.0. The second-order valence-electron chi connectivity index (χ2n) is 6.21. The highest BCUT2D eigenvalue weighted by atomic mass is 16.5. The van der Waals surface area contributed by atoms with E-state index < -0.39 is 6.17 Å². The maximum atomic E-state index is 12.5. The molecular formula is C17H20N6O2. The molecule has 1 saturated heterocycles. The molecule has 130 valence electrons. The van der Waals surface area contributed by atoms with E-state index in [1.807, 2.05) is 12.1 Å². The minimum atomic E-state index is -0.409. The van der Waals surface area contributed by atoms with Gasteiger partial charge < -0.3 is 10.1 Å². The predicted molar refractivity (Wildman–Crippen MR) is 93.6 cm³/mol. The lowest BCUT2D eigenvalue weighted by molar-refractivity contribution is 0.117. The van der Waals surface area contributed by atoms with Gasteiger partial charge in [-0.05, 0) is 25.8 Å². The first-order valence-electron chi connectivity index (χ1n) is 8.40. The Kier molecular flexibility index (Phi) is 4.19. The summed E-state index contributed by atoms with van der Waals surface area (Å²) in [6.07, 6.45) is 5.28. The van der Waals surface area contributed by atoms with Crippen molar-refractivity contribution in [1.82, 2.24) is 19.9 Å². The van der Waals surface area contributed by atoms with E-state index in [0.717, 1.165) is 25.0 Å². The third kappa shape index (κ3) is 3.25. The highest BCUT2D eigenvalue weighted by Crippen LogP contribution is 2.21. The lowest BCUT2D eigenvalue weighted by Gasteiger charge is -2.30. The van der Waals surface area contributed by atoms with Crippen molar-refractivity contribution in [3.63, 3.8) is 0 Å². The van der Waals surface area contributed by atoms with E-state index in [9.17, 15) is 4.79 Å². The number of aryl methyl sites for hydroxylation is 1. The maximum absolute atomic E-state index is 12.5. The summed E-state index contributed by atoms with van der Waals surface area (Å²) in [5.74, 6) is 1.06. The van der Waals surface area contributed by atoms with Gasteiger partial charge in [0.05, 0.1) is 12.6 Å². The summed E-state index contributed by atoms with van der Waals surface area (Å²) in [4.78, 5) is 25.7. The fraction of sp³-hybridized carbons (Fsp3) is 0.412. The van der Waals surface area contributed by atoms with Gasteiger partial charge in [0.2, 0.25) is 5.95 Å². The van der Waals surface area contributed by atoms with Crippen LogP contribution in [0.2, 0.25) is 0 Å². The summed E-state index contributed by atoms with van der Waals surface area (Å²) < 4.78 is 7.20. The zero-order valence-electron chi connectivity index (χ0n) is 14.0. The highest BCUT2D eigenvalue weighted by Gasteiger charge is 2.26. The molecule has 2 N–H and O–H groups in total. The van der Waals surface area contributed by atoms with Crippen LogP contribution in [0.25, 0.3) is 0 Å². The SMILES string of the molecule is Cc1cc(=O)n2c(n1)NC(=NCC1CCCO1)NC2c1cccnc1. The van der Waals surface area contributed by atoms with Crippen LogP contribution in [0.5, 0.6) is 0 Å². The normalized spacial score (nSPS) is 23.8. The van der Waals surface area contributed by atoms with Gasteiger partial charge in [0.25, 0.3) is 5.56 Å². The summed E-state index contributed by atoms with van der Waals surface area (Å²) >= 11 is 0. The average molecular weight is 340 g/mol. The zero-order chi connectivity index (χ0) is 17.2. The van der Waals surface area contributed by atoms with Crippen molar-refractivity contribution in [2.75, 3.05) is 18.5 Å². The number of nitrogens with zero attached hydrogens (tertiary/aromatic N) is 4. The van der Waals surface area contributed by atoms with Gasteiger partial charge in [-0.3, -0.25) is 24.7 Å². The van der Waals surface area contributed by atoms with Gasteiger partial charge in [0, 0.05) is 36.3 Å². The molecule has 4 rings (SSSR count). The van der Waals surface area contributed by atoms with Gasteiger partial charge in [-0.1, -0.05) is 6.07 Å².